The van der Waals surface area contributed by atoms with Crippen LogP contribution in [0.1, 0.15) is 10.4 Å². The molecule has 1 fully saturated rings. The molecule has 0 saturated carbocycles. The van der Waals surface area contributed by atoms with Crippen molar-refractivity contribution in [2.24, 2.45) is 0 Å². The Kier molecular flexibility index (Phi) is 6.12. The highest BCUT2D eigenvalue weighted by Gasteiger charge is 2.22. The summed E-state index contributed by atoms with van der Waals surface area (Å²) in [6, 6.07) is 4.69. The maximum atomic E-state index is 12.2. The van der Waals surface area contributed by atoms with Gasteiger partial charge in [0.05, 0.1) is 25.3 Å². The van der Waals surface area contributed by atoms with E-state index >= 15 is 0 Å². The molecule has 0 N–H and O–H groups in total. The minimum Gasteiger partial charge on any atom is -0.486 e. The topological polar surface area (TPSA) is 94.6 Å². The van der Waals surface area contributed by atoms with E-state index in [0.29, 0.717) is 51.0 Å². The van der Waals surface area contributed by atoms with Crippen molar-refractivity contribution in [3.05, 3.63) is 23.8 Å². The van der Waals surface area contributed by atoms with Gasteiger partial charge >= 0.3 is 5.97 Å². The van der Waals surface area contributed by atoms with Gasteiger partial charge in [-0.05, 0) is 18.2 Å². The zero-order valence-electron chi connectivity index (χ0n) is 15.1. The minimum atomic E-state index is -0.645. The number of nitrogens with zero attached hydrogens (tertiary/aromatic N) is 2. The lowest BCUT2D eigenvalue weighted by Crippen LogP contribution is -2.46. The average molecular weight is 378 g/mol. The lowest BCUT2D eigenvalue weighted by Gasteiger charge is -2.28. The molecular formula is C18H22N2O7. The molecular weight excluding hydrogens is 356 g/mol. The number of hydrogen-bond acceptors (Lipinski definition) is 7. The van der Waals surface area contributed by atoms with Crippen molar-refractivity contribution in [2.75, 3.05) is 59.7 Å². The van der Waals surface area contributed by atoms with E-state index in [2.05, 4.69) is 0 Å². The van der Waals surface area contributed by atoms with Gasteiger partial charge in [0.2, 0.25) is 5.91 Å². The van der Waals surface area contributed by atoms with Gasteiger partial charge in [-0.2, -0.15) is 0 Å². The molecule has 27 heavy (non-hydrogen) atoms. The Labute approximate surface area is 156 Å². The van der Waals surface area contributed by atoms with Crippen LogP contribution < -0.4 is 9.47 Å². The second kappa shape index (κ2) is 8.72. The number of carbonyl (C=O) groups excluding carboxylic acids is 3. The van der Waals surface area contributed by atoms with Crippen LogP contribution >= 0.6 is 0 Å². The van der Waals surface area contributed by atoms with Gasteiger partial charge in [0.15, 0.2) is 18.1 Å². The molecule has 0 unspecified atom stereocenters. The van der Waals surface area contributed by atoms with E-state index < -0.39 is 18.5 Å². The monoisotopic (exact) mass is 378 g/mol. The molecule has 0 radical (unpaired) electrons. The molecule has 9 nitrogen and oxygen atoms in total. The van der Waals surface area contributed by atoms with Gasteiger partial charge in [-0.25, -0.2) is 4.79 Å². The number of likely N-dealkylation sites (N-methyl/N-ethyl adjacent to an activating group) is 1. The van der Waals surface area contributed by atoms with E-state index in [1.54, 1.807) is 17.0 Å². The van der Waals surface area contributed by atoms with Gasteiger partial charge in [0.1, 0.15) is 13.2 Å². The van der Waals surface area contributed by atoms with Gasteiger partial charge in [0, 0.05) is 20.1 Å². The number of ether oxygens (including phenoxy) is 4. The largest absolute Gasteiger partial charge is 0.486 e. The fourth-order valence-electron chi connectivity index (χ4n) is 2.69. The molecule has 2 amide bonds. The Bertz CT molecular complexity index is 716. The van der Waals surface area contributed by atoms with Crippen molar-refractivity contribution < 1.29 is 33.3 Å². The summed E-state index contributed by atoms with van der Waals surface area (Å²) in [6.45, 7) is 2.38. The molecule has 2 aliphatic heterocycles. The molecule has 0 aliphatic carbocycles. The van der Waals surface area contributed by atoms with E-state index in [4.69, 9.17) is 18.9 Å². The van der Waals surface area contributed by atoms with E-state index in [-0.39, 0.29) is 18.0 Å². The highest BCUT2D eigenvalue weighted by molar-refractivity contribution is 5.92. The number of morpholine rings is 1. The van der Waals surface area contributed by atoms with Crippen LogP contribution in [0.5, 0.6) is 11.5 Å². The van der Waals surface area contributed by atoms with Gasteiger partial charge in [0.25, 0.3) is 5.91 Å². The summed E-state index contributed by atoms with van der Waals surface area (Å²) in [5.41, 5.74) is 0.263. The maximum absolute atomic E-state index is 12.2. The fraction of sp³-hybridized carbons (Fsp3) is 0.500. The molecule has 1 aromatic rings. The number of hydrogen-bond donors (Lipinski definition) is 0. The molecule has 0 aromatic heterocycles. The molecule has 2 heterocycles. The van der Waals surface area contributed by atoms with Crippen molar-refractivity contribution in [2.45, 2.75) is 0 Å². The predicted molar refractivity (Wildman–Crippen MR) is 92.8 cm³/mol. The van der Waals surface area contributed by atoms with Crippen LogP contribution in [0, 0.1) is 0 Å². The molecule has 1 saturated heterocycles. The van der Waals surface area contributed by atoms with Crippen LogP contribution in [0.25, 0.3) is 0 Å². The first-order chi connectivity index (χ1) is 13.0. The van der Waals surface area contributed by atoms with E-state index in [1.807, 2.05) is 0 Å². The number of carbonyl (C=O) groups is 3. The standard InChI is InChI=1S/C18H22N2O7/c1-19(11-16(21)20-4-6-24-7-5-20)17(22)12-27-18(23)13-2-3-14-15(10-13)26-9-8-25-14/h2-3,10H,4-9,11-12H2,1H3. The quantitative estimate of drug-likeness (QED) is 0.662. The highest BCUT2D eigenvalue weighted by atomic mass is 16.6. The van der Waals surface area contributed by atoms with Gasteiger partial charge in [-0.15, -0.1) is 0 Å². The van der Waals surface area contributed by atoms with Crippen molar-refractivity contribution in [1.82, 2.24) is 9.80 Å². The summed E-state index contributed by atoms with van der Waals surface area (Å²) < 4.78 is 21.1. The predicted octanol–water partition coefficient (Wildman–Crippen LogP) is -0.0682. The number of fused-ring (bicyclic) bond motifs is 1. The average Bonchev–Trinajstić information content (AvgIpc) is 2.71. The van der Waals surface area contributed by atoms with Crippen molar-refractivity contribution >= 4 is 17.8 Å². The van der Waals surface area contributed by atoms with Gasteiger partial charge < -0.3 is 28.7 Å². The first-order valence-corrected chi connectivity index (χ1v) is 8.71. The second-order valence-electron chi connectivity index (χ2n) is 6.18. The summed E-state index contributed by atoms with van der Waals surface area (Å²) in [5.74, 6) is -0.228. The summed E-state index contributed by atoms with van der Waals surface area (Å²) in [4.78, 5) is 39.3. The van der Waals surface area contributed by atoms with Crippen molar-refractivity contribution in [3.8, 4) is 11.5 Å². The normalized spacial score (nSPS) is 15.8. The van der Waals surface area contributed by atoms with Crippen LogP contribution in [0.2, 0.25) is 0 Å². The van der Waals surface area contributed by atoms with E-state index in [9.17, 15) is 14.4 Å². The van der Waals surface area contributed by atoms with Crippen LogP contribution in [0.15, 0.2) is 18.2 Å². The Morgan fingerprint density at radius 2 is 1.78 bits per heavy atom. The van der Waals surface area contributed by atoms with Gasteiger partial charge in [-0.3, -0.25) is 9.59 Å². The highest BCUT2D eigenvalue weighted by Crippen LogP contribution is 2.30. The zero-order valence-corrected chi connectivity index (χ0v) is 15.1. The first kappa shape index (κ1) is 19.0. The second-order valence-corrected chi connectivity index (χ2v) is 6.18. The third kappa shape index (κ3) is 4.88. The maximum Gasteiger partial charge on any atom is 0.338 e. The first-order valence-electron chi connectivity index (χ1n) is 8.71. The smallest absolute Gasteiger partial charge is 0.338 e. The Hall–Kier alpha value is -2.81. The molecule has 146 valence electrons. The molecule has 0 bridgehead atoms. The lowest BCUT2D eigenvalue weighted by molar-refractivity contribution is -0.143. The number of benzene rings is 1. The molecule has 0 spiro atoms. The van der Waals surface area contributed by atoms with Crippen LogP contribution in [-0.2, 0) is 19.1 Å². The Balaban J connectivity index is 1.47. The zero-order chi connectivity index (χ0) is 19.2. The van der Waals surface area contributed by atoms with E-state index in [0.717, 1.165) is 0 Å². The third-order valence-electron chi connectivity index (χ3n) is 4.27. The Morgan fingerprint density at radius 3 is 2.52 bits per heavy atom. The molecule has 0 atom stereocenters. The number of rotatable bonds is 5. The van der Waals surface area contributed by atoms with Gasteiger partial charge in [-0.1, -0.05) is 0 Å². The van der Waals surface area contributed by atoms with Crippen LogP contribution in [0.3, 0.4) is 0 Å². The van der Waals surface area contributed by atoms with Crippen LogP contribution in [0.4, 0.5) is 0 Å². The number of amides is 2. The summed E-state index contributed by atoms with van der Waals surface area (Å²) in [7, 11) is 1.50. The summed E-state index contributed by atoms with van der Waals surface area (Å²) in [5, 5.41) is 0. The fourth-order valence-corrected chi connectivity index (χ4v) is 2.69. The van der Waals surface area contributed by atoms with Crippen molar-refractivity contribution in [1.29, 1.82) is 0 Å². The minimum absolute atomic E-state index is 0.0690. The summed E-state index contributed by atoms with van der Waals surface area (Å²) >= 11 is 0. The van der Waals surface area contributed by atoms with Crippen LogP contribution in [-0.4, -0.2) is 87.3 Å². The molecule has 9 heteroatoms. The molecule has 2 aliphatic rings. The molecule has 3 rings (SSSR count). The Morgan fingerprint density at radius 1 is 1.07 bits per heavy atom. The lowest BCUT2D eigenvalue weighted by atomic mass is 10.2. The van der Waals surface area contributed by atoms with E-state index in [1.165, 1.54) is 18.0 Å². The van der Waals surface area contributed by atoms with Crippen molar-refractivity contribution in [3.63, 3.8) is 0 Å². The SMILES string of the molecule is CN(CC(=O)N1CCOCC1)C(=O)COC(=O)c1ccc2c(c1)OCCO2. The summed E-state index contributed by atoms with van der Waals surface area (Å²) in [6.07, 6.45) is 0. The third-order valence-corrected chi connectivity index (χ3v) is 4.27. The number of esters is 1. The molecule has 1 aromatic carbocycles.